The molecule has 0 aliphatic carbocycles. The van der Waals surface area contributed by atoms with Gasteiger partial charge in [0.2, 0.25) is 10.0 Å². The van der Waals surface area contributed by atoms with Crippen LogP contribution in [-0.2, 0) is 21.2 Å². The van der Waals surface area contributed by atoms with Crippen molar-refractivity contribution in [3.8, 4) is 0 Å². The Bertz CT molecular complexity index is 998. The molecule has 8 nitrogen and oxygen atoms in total. The molecule has 2 heterocycles. The van der Waals surface area contributed by atoms with Crippen LogP contribution in [0.1, 0.15) is 25.0 Å². The number of aryl methyl sites for hydroxylation is 1. The Hall–Kier alpha value is -1.37. The summed E-state index contributed by atoms with van der Waals surface area (Å²) >= 11 is 0. The van der Waals surface area contributed by atoms with Crippen LogP contribution in [0.2, 0.25) is 0 Å². The number of benzene rings is 1. The van der Waals surface area contributed by atoms with E-state index in [1.807, 2.05) is 13.8 Å². The first-order valence-corrected chi connectivity index (χ1v) is 12.5. The number of para-hydroxylation sites is 1. The van der Waals surface area contributed by atoms with Crippen molar-refractivity contribution < 1.29 is 13.2 Å². The van der Waals surface area contributed by atoms with Gasteiger partial charge in [0.15, 0.2) is 5.96 Å². The maximum absolute atomic E-state index is 12.5. The molecule has 1 aliphatic heterocycles. The van der Waals surface area contributed by atoms with Gasteiger partial charge in [-0.25, -0.2) is 8.42 Å². The van der Waals surface area contributed by atoms with Crippen LogP contribution < -0.4 is 5.32 Å². The van der Waals surface area contributed by atoms with Crippen molar-refractivity contribution in [1.82, 2.24) is 19.5 Å². The number of ether oxygens (including phenoxy) is 1. The number of aliphatic imine (C=N–C) groups is 1. The molecule has 1 fully saturated rings. The SMILES string of the molecule is CN=C(NCCc1c[nH]c2c(C)cccc12)N1CCN(S(=O)(=O)CCOC(C)C)CC1.I. The molecule has 10 heteroatoms. The summed E-state index contributed by atoms with van der Waals surface area (Å²) in [5.41, 5.74) is 3.72. The van der Waals surface area contributed by atoms with Crippen LogP contribution in [-0.4, -0.2) is 86.8 Å². The van der Waals surface area contributed by atoms with Crippen LogP contribution in [0.25, 0.3) is 10.9 Å². The summed E-state index contributed by atoms with van der Waals surface area (Å²) in [6.07, 6.45) is 3.00. The van der Waals surface area contributed by atoms with Gasteiger partial charge in [-0.05, 0) is 38.3 Å². The zero-order valence-electron chi connectivity index (χ0n) is 19.4. The second-order valence-electron chi connectivity index (χ2n) is 8.16. The predicted molar refractivity (Wildman–Crippen MR) is 142 cm³/mol. The summed E-state index contributed by atoms with van der Waals surface area (Å²) < 4.78 is 32.0. The van der Waals surface area contributed by atoms with Crippen molar-refractivity contribution in [2.75, 3.05) is 52.1 Å². The number of piperazine rings is 1. The van der Waals surface area contributed by atoms with Gasteiger partial charge in [-0.1, -0.05) is 18.2 Å². The van der Waals surface area contributed by atoms with E-state index in [1.165, 1.54) is 22.0 Å². The van der Waals surface area contributed by atoms with Gasteiger partial charge < -0.3 is 19.9 Å². The first-order chi connectivity index (χ1) is 14.8. The lowest BCUT2D eigenvalue weighted by atomic mass is 10.1. The summed E-state index contributed by atoms with van der Waals surface area (Å²) in [4.78, 5) is 9.89. The number of aromatic amines is 1. The number of H-pyrrole nitrogens is 1. The van der Waals surface area contributed by atoms with Crippen molar-refractivity contribution in [1.29, 1.82) is 0 Å². The van der Waals surface area contributed by atoms with Gasteiger partial charge in [0.05, 0.1) is 18.5 Å². The Morgan fingerprint density at radius 3 is 2.62 bits per heavy atom. The first kappa shape index (κ1) is 26.9. The van der Waals surface area contributed by atoms with Gasteiger partial charge in [-0.3, -0.25) is 4.99 Å². The van der Waals surface area contributed by atoms with E-state index in [4.69, 9.17) is 4.74 Å². The fraction of sp³-hybridized carbons (Fsp3) is 0.591. The largest absolute Gasteiger partial charge is 0.378 e. The minimum atomic E-state index is -3.29. The maximum Gasteiger partial charge on any atom is 0.216 e. The topological polar surface area (TPSA) is 90.0 Å². The van der Waals surface area contributed by atoms with Gasteiger partial charge in [0.1, 0.15) is 0 Å². The first-order valence-electron chi connectivity index (χ1n) is 10.9. The van der Waals surface area contributed by atoms with Crippen molar-refractivity contribution in [2.24, 2.45) is 4.99 Å². The third-order valence-corrected chi connectivity index (χ3v) is 7.46. The summed E-state index contributed by atoms with van der Waals surface area (Å²) in [6, 6.07) is 6.35. The van der Waals surface area contributed by atoms with E-state index in [9.17, 15) is 8.42 Å². The molecule has 0 spiro atoms. The molecule has 1 aliphatic rings. The number of guanidine groups is 1. The number of rotatable bonds is 8. The summed E-state index contributed by atoms with van der Waals surface area (Å²) in [7, 11) is -1.52. The standard InChI is InChI=1S/C22H35N5O3S.HI/c1-17(2)30-14-15-31(28,29)27-12-10-26(11-13-27)22(23-4)24-9-8-19-16-25-21-18(3)6-5-7-20(19)21;/h5-7,16-17,25H,8-15H2,1-4H3,(H,23,24);1H. The number of halogens is 1. The number of aromatic nitrogens is 1. The van der Waals surface area contributed by atoms with E-state index < -0.39 is 10.0 Å². The van der Waals surface area contributed by atoms with E-state index in [0.717, 1.165) is 18.9 Å². The zero-order valence-corrected chi connectivity index (χ0v) is 22.6. The Morgan fingerprint density at radius 2 is 1.97 bits per heavy atom. The lowest BCUT2D eigenvalue weighted by molar-refractivity contribution is 0.0904. The van der Waals surface area contributed by atoms with Crippen molar-refractivity contribution in [3.05, 3.63) is 35.5 Å². The van der Waals surface area contributed by atoms with Crippen LogP contribution in [0.5, 0.6) is 0 Å². The van der Waals surface area contributed by atoms with Crippen LogP contribution >= 0.6 is 24.0 Å². The van der Waals surface area contributed by atoms with Crippen LogP contribution in [0.4, 0.5) is 0 Å². The molecule has 180 valence electrons. The molecule has 0 bridgehead atoms. The van der Waals surface area contributed by atoms with Crippen molar-refractivity contribution in [2.45, 2.75) is 33.3 Å². The predicted octanol–water partition coefficient (Wildman–Crippen LogP) is 2.58. The lowest BCUT2D eigenvalue weighted by Crippen LogP contribution is -2.54. The zero-order chi connectivity index (χ0) is 22.4. The molecular formula is C22H36IN5O3S. The van der Waals surface area contributed by atoms with Gasteiger partial charge in [-0.2, -0.15) is 4.31 Å². The molecule has 0 unspecified atom stereocenters. The van der Waals surface area contributed by atoms with E-state index in [1.54, 1.807) is 11.4 Å². The number of hydrogen-bond acceptors (Lipinski definition) is 4. The smallest absolute Gasteiger partial charge is 0.216 e. The van der Waals surface area contributed by atoms with Crippen LogP contribution in [0.15, 0.2) is 29.4 Å². The highest BCUT2D eigenvalue weighted by Crippen LogP contribution is 2.21. The summed E-state index contributed by atoms with van der Waals surface area (Å²) in [6.45, 7) is 9.09. The highest BCUT2D eigenvalue weighted by atomic mass is 127. The second kappa shape index (κ2) is 12.2. The Morgan fingerprint density at radius 1 is 1.25 bits per heavy atom. The Labute approximate surface area is 208 Å². The quantitative estimate of drug-likeness (QED) is 0.286. The second-order valence-corrected chi connectivity index (χ2v) is 10.2. The minimum Gasteiger partial charge on any atom is -0.378 e. The van der Waals surface area contributed by atoms with E-state index in [-0.39, 0.29) is 42.4 Å². The summed E-state index contributed by atoms with van der Waals surface area (Å²) in [5, 5.41) is 4.69. The third-order valence-electron chi connectivity index (χ3n) is 5.62. The van der Waals surface area contributed by atoms with Crippen LogP contribution in [0, 0.1) is 6.92 Å². The van der Waals surface area contributed by atoms with E-state index in [2.05, 4.69) is 51.5 Å². The molecular weight excluding hydrogens is 541 g/mol. The van der Waals surface area contributed by atoms with Gasteiger partial charge in [0, 0.05) is 56.9 Å². The third kappa shape index (κ3) is 6.82. The lowest BCUT2D eigenvalue weighted by Gasteiger charge is -2.35. The minimum absolute atomic E-state index is 0. The van der Waals surface area contributed by atoms with Gasteiger partial charge in [0.25, 0.3) is 0 Å². The monoisotopic (exact) mass is 577 g/mol. The normalized spacial score (nSPS) is 15.9. The van der Waals surface area contributed by atoms with Crippen LogP contribution in [0.3, 0.4) is 0 Å². The van der Waals surface area contributed by atoms with Crippen molar-refractivity contribution >= 4 is 50.9 Å². The highest BCUT2D eigenvalue weighted by Gasteiger charge is 2.28. The number of sulfonamides is 1. The number of nitrogens with zero attached hydrogens (tertiary/aromatic N) is 3. The molecule has 1 saturated heterocycles. The molecule has 2 aromatic rings. The van der Waals surface area contributed by atoms with Crippen molar-refractivity contribution in [3.63, 3.8) is 0 Å². The number of fused-ring (bicyclic) bond motifs is 1. The van der Waals surface area contributed by atoms with Gasteiger partial charge >= 0.3 is 0 Å². The molecule has 2 N–H and O–H groups in total. The maximum atomic E-state index is 12.5. The Balaban J connectivity index is 0.00000363. The molecule has 1 aromatic carbocycles. The molecule has 0 amide bonds. The fourth-order valence-corrected chi connectivity index (χ4v) is 5.19. The molecule has 0 radical (unpaired) electrons. The molecule has 3 rings (SSSR count). The summed E-state index contributed by atoms with van der Waals surface area (Å²) in [5.74, 6) is 0.846. The molecule has 0 saturated carbocycles. The molecule has 32 heavy (non-hydrogen) atoms. The van der Waals surface area contributed by atoms with E-state index in [0.29, 0.717) is 26.2 Å². The van der Waals surface area contributed by atoms with E-state index >= 15 is 0 Å². The molecule has 0 atom stereocenters. The number of hydrogen-bond donors (Lipinski definition) is 2. The highest BCUT2D eigenvalue weighted by molar-refractivity contribution is 14.0. The number of nitrogens with one attached hydrogen (secondary N) is 2. The average molecular weight is 578 g/mol. The Kier molecular flexibility index (Phi) is 10.2. The van der Waals surface area contributed by atoms with Gasteiger partial charge in [-0.15, -0.1) is 24.0 Å². The average Bonchev–Trinajstić information content (AvgIpc) is 3.15. The molecule has 1 aromatic heterocycles. The fourth-order valence-electron chi connectivity index (χ4n) is 3.91.